The average Bonchev–Trinajstić information content (AvgIpc) is 3.53. The summed E-state index contributed by atoms with van der Waals surface area (Å²) in [6.45, 7) is 34.0. The molecule has 6 rings (SSSR count). The van der Waals surface area contributed by atoms with Crippen molar-refractivity contribution >= 4 is 82.1 Å². The van der Waals surface area contributed by atoms with Crippen LogP contribution in [0.1, 0.15) is 111 Å². The Morgan fingerprint density at radius 1 is 0.477 bits per heavy atom. The van der Waals surface area contributed by atoms with Crippen molar-refractivity contribution in [2.45, 2.75) is 123 Å². The number of piperazine rings is 2. The Morgan fingerprint density at radius 2 is 0.756 bits per heavy atom. The zero-order chi connectivity index (χ0) is 66.5. The summed E-state index contributed by atoms with van der Waals surface area (Å²) in [6, 6.07) is 0.839. The van der Waals surface area contributed by atoms with Gasteiger partial charge >= 0.3 is 42.4 Å². The number of hydrogen-bond donors (Lipinski definition) is 6. The molecule has 4 saturated heterocycles. The van der Waals surface area contributed by atoms with Gasteiger partial charge in [-0.15, -0.1) is 50.5 Å². The van der Waals surface area contributed by atoms with Crippen LogP contribution in [0.15, 0.2) is 0 Å². The van der Waals surface area contributed by atoms with Crippen LogP contribution in [0.3, 0.4) is 0 Å². The lowest BCUT2D eigenvalue weighted by Gasteiger charge is -2.34. The summed E-state index contributed by atoms with van der Waals surface area (Å²) < 4.78 is 175. The second kappa shape index (κ2) is 66.2. The number of nitrogens with zero attached hydrogens (tertiary/aromatic N) is 6. The van der Waals surface area contributed by atoms with Crippen LogP contribution >= 0.6 is 7.58 Å². The molecule has 0 aromatic rings. The van der Waals surface area contributed by atoms with E-state index in [-0.39, 0.29) is 17.7 Å². The van der Waals surface area contributed by atoms with Gasteiger partial charge in [-0.25, -0.2) is 0 Å². The van der Waals surface area contributed by atoms with Crippen molar-refractivity contribution in [3.05, 3.63) is 0 Å². The van der Waals surface area contributed by atoms with Gasteiger partial charge in [0.1, 0.15) is 13.5 Å². The fourth-order valence-electron chi connectivity index (χ4n) is 8.62. The molecular formula is C47H103N8O23PS7. The third-order valence-electron chi connectivity index (χ3n) is 12.8. The molecule has 2 aliphatic carbocycles. The molecule has 6 fully saturated rings. The first-order valence-electron chi connectivity index (χ1n) is 28.6. The van der Waals surface area contributed by atoms with Crippen molar-refractivity contribution in [2.24, 2.45) is 0 Å². The monoisotopic (exact) mass is 1400 g/mol. The van der Waals surface area contributed by atoms with E-state index in [2.05, 4.69) is 84.1 Å². The van der Waals surface area contributed by atoms with Crippen LogP contribution in [0.5, 0.6) is 0 Å². The van der Waals surface area contributed by atoms with Crippen LogP contribution in [0.25, 0.3) is 0 Å². The van der Waals surface area contributed by atoms with Crippen molar-refractivity contribution in [3.63, 3.8) is 0 Å². The van der Waals surface area contributed by atoms with Crippen molar-refractivity contribution in [1.29, 1.82) is 0 Å². The molecule has 0 unspecified atom stereocenters. The van der Waals surface area contributed by atoms with Crippen molar-refractivity contribution in [1.82, 2.24) is 40.0 Å². The van der Waals surface area contributed by atoms with Crippen LogP contribution in [0.2, 0.25) is 0 Å². The molecule has 39 heteroatoms. The highest BCUT2D eigenvalue weighted by molar-refractivity contribution is 7.94. The number of likely N-dealkylation sites (N-methyl/N-ethyl adjacent to an activating group) is 2. The molecule has 0 bridgehead atoms. The van der Waals surface area contributed by atoms with Crippen molar-refractivity contribution in [3.8, 4) is 0 Å². The summed E-state index contributed by atoms with van der Waals surface area (Å²) in [4.78, 5) is 14.4. The number of morpholine rings is 2. The van der Waals surface area contributed by atoms with Gasteiger partial charge in [-0.3, -0.25) is 34.0 Å². The summed E-state index contributed by atoms with van der Waals surface area (Å²) in [5.74, 6) is -0.440. The molecule has 0 spiro atoms. The average molecular weight is 1400 g/mol. The highest BCUT2D eigenvalue weighted by Crippen LogP contribution is 2.18. The van der Waals surface area contributed by atoms with Crippen LogP contribution in [-0.2, 0) is 88.5 Å². The minimum Gasteiger partial charge on any atom is -0.395 e. The summed E-state index contributed by atoms with van der Waals surface area (Å²) in [5.41, 5.74) is 0. The van der Waals surface area contributed by atoms with Gasteiger partial charge in [-0.1, -0.05) is 66.2 Å². The van der Waals surface area contributed by atoms with Crippen LogP contribution in [-0.4, -0.2) is 311 Å². The number of rotatable bonds is 19. The zero-order valence-electron chi connectivity index (χ0n) is 51.0. The highest BCUT2D eigenvalue weighted by atomic mass is 32.4. The van der Waals surface area contributed by atoms with Gasteiger partial charge in [0, 0.05) is 111 Å². The molecule has 0 aromatic carbocycles. The van der Waals surface area contributed by atoms with Crippen LogP contribution < -0.4 is 10.6 Å². The molecule has 0 aromatic heterocycles. The summed E-state index contributed by atoms with van der Waals surface area (Å²) in [6.07, 6.45) is 14.9. The summed E-state index contributed by atoms with van der Waals surface area (Å²) >= 11 is 4.30. The normalized spacial score (nSPS) is 18.1. The third kappa shape index (κ3) is 82.3. The third-order valence-corrected chi connectivity index (χ3v) is 14.7. The number of ether oxygens (including phenoxy) is 2. The fraction of sp³-hybridized carbons (Fsp3) is 1.00. The lowest BCUT2D eigenvalue weighted by molar-refractivity contribution is 0.0380. The van der Waals surface area contributed by atoms with Gasteiger partial charge in [-0.05, 0) is 89.5 Å². The van der Waals surface area contributed by atoms with E-state index in [9.17, 15) is 16.8 Å². The molecule has 0 amide bonds. The van der Waals surface area contributed by atoms with E-state index in [4.69, 9.17) is 79.3 Å². The van der Waals surface area contributed by atoms with E-state index in [1.807, 2.05) is 0 Å². The van der Waals surface area contributed by atoms with E-state index < -0.39 is 62.7 Å². The fourth-order valence-corrected chi connectivity index (χ4v) is 9.58. The van der Waals surface area contributed by atoms with Crippen molar-refractivity contribution < 1.29 is 101 Å². The number of hydrogen-bond acceptors (Lipinski definition) is 30. The molecule has 2 saturated carbocycles. The zero-order valence-corrected chi connectivity index (χ0v) is 57.6. The minimum atomic E-state index is -3.83. The van der Waals surface area contributed by atoms with E-state index in [0.29, 0.717) is 39.8 Å². The first-order valence-corrected chi connectivity index (χ1v) is 37.7. The predicted octanol–water partition coefficient (Wildman–Crippen LogP) is -0.430. The molecule has 4 aliphatic heterocycles. The Morgan fingerprint density at radius 3 is 1.02 bits per heavy atom. The van der Waals surface area contributed by atoms with Crippen molar-refractivity contribution in [2.75, 3.05) is 183 Å². The lowest BCUT2D eigenvalue weighted by atomic mass is 9.95. The Labute approximate surface area is 525 Å². The Bertz CT molecular complexity index is 2100. The van der Waals surface area contributed by atoms with Gasteiger partial charge < -0.3 is 39.3 Å². The lowest BCUT2D eigenvalue weighted by Crippen LogP contribution is -2.47. The molecule has 31 nitrogen and oxygen atoms in total. The minimum absolute atomic E-state index is 0.132. The number of aliphatic hydroxyl groups is 2. The molecule has 6 N–H and O–H groups in total. The smallest absolute Gasteiger partial charge is 0.395 e. The number of β-amino-alcohol motifs (C(OH)–C–C–N with tert-alkyl or cyclic N) is 2. The van der Waals surface area contributed by atoms with Crippen LogP contribution in [0.4, 0.5) is 0 Å². The molecule has 4 heterocycles. The highest BCUT2D eigenvalue weighted by Gasteiger charge is 2.17. The summed E-state index contributed by atoms with van der Waals surface area (Å²) in [7, 11) is -17.9. The SMILES string of the molecule is CCCN1CCN(CCO)CC1.CCCN1CCOCC1.CCN1CCN(CCO)CC1.CCN1CCOCC1.COP=S.O=S(=O)(O)CCCNC1CCCCC1.O=S(=O)(O)CNC1CCCCC1.O=S(=O)=O.O=S(=O)=O.O=S(=O)=O.O=S(=O)=O. The van der Waals surface area contributed by atoms with E-state index in [1.165, 1.54) is 84.1 Å². The van der Waals surface area contributed by atoms with Gasteiger partial charge in [0.05, 0.1) is 45.4 Å². The quantitative estimate of drug-likeness (QED) is 0.0543. The largest absolute Gasteiger partial charge is 0.425 e. The maximum Gasteiger partial charge on any atom is 0.425 e. The molecule has 0 radical (unpaired) electrons. The Hall–Kier alpha value is -1.70. The Balaban J connectivity index is -0.000000288. The number of nitrogens with one attached hydrogen (secondary N) is 2. The maximum atomic E-state index is 10.4. The van der Waals surface area contributed by atoms with Gasteiger partial charge in [0.25, 0.3) is 20.2 Å². The van der Waals surface area contributed by atoms with Crippen LogP contribution in [0, 0.1) is 0 Å². The second-order valence-corrected chi connectivity index (χ2v) is 24.8. The first kappa shape index (κ1) is 93.0. The topological polar surface area (TPSA) is 425 Å². The predicted molar refractivity (Wildman–Crippen MR) is 329 cm³/mol. The van der Waals surface area contributed by atoms with Gasteiger partial charge in [0.2, 0.25) is 0 Å². The number of aliphatic hydroxyl groups excluding tert-OH is 2. The Kier molecular flexibility index (Phi) is 71.6. The molecular weight excluding hydrogens is 1300 g/mol. The second-order valence-electron chi connectivity index (χ2n) is 19.2. The van der Waals surface area contributed by atoms with E-state index >= 15 is 0 Å². The maximum absolute atomic E-state index is 10.4. The summed E-state index contributed by atoms with van der Waals surface area (Å²) in [5, 5.41) is 23.6. The molecule has 516 valence electrons. The molecule has 0 atom stereocenters. The standard InChI is InChI=1S/C9H20N2O.C9H19NO3S.C8H18N2O.C7H15NO3S.C7H15NO.C6H13NO.CH3OPS.4O3S/c1-2-3-10-4-6-11(7-5-10)8-9-12;11-14(12,13)8-4-7-10-9-5-2-1-3-6-9;1-2-9-3-5-10(6-4-9)7-8-11;9-12(10,11)6-8-7-4-2-1-3-5-7;1-2-3-8-4-6-9-7-5-8;1-2-7-3-5-8-6-4-7;1-2-3-4;4*1-4(2)3/h12H,2-9H2,1H3;9-10H,1-8H2,(H,11,12,13);11H,2-8H2,1H3;7-8H,1-6H2,(H,9,10,11);2-7H2,1H3;2-6H2,1H3;1H3;;;;. The molecule has 6 aliphatic rings. The molecule has 86 heavy (non-hydrogen) atoms. The van der Waals surface area contributed by atoms with E-state index in [0.717, 1.165) is 137 Å². The first-order chi connectivity index (χ1) is 40.6. The van der Waals surface area contributed by atoms with E-state index in [1.54, 1.807) is 7.11 Å². The van der Waals surface area contributed by atoms with Gasteiger partial charge in [0.15, 0.2) is 0 Å². The van der Waals surface area contributed by atoms with Gasteiger partial charge in [-0.2, -0.15) is 16.8 Å².